The van der Waals surface area contributed by atoms with Crippen LogP contribution in [0.5, 0.6) is 23.3 Å². The number of fused-ring (bicyclic) bond motifs is 1. The van der Waals surface area contributed by atoms with Crippen molar-refractivity contribution in [2.75, 3.05) is 51.3 Å². The maximum Gasteiger partial charge on any atom is 0.232 e. The van der Waals surface area contributed by atoms with Crippen LogP contribution in [0.15, 0.2) is 48.7 Å². The maximum absolute atomic E-state index is 5.96. The van der Waals surface area contributed by atoms with E-state index in [4.69, 9.17) is 19.2 Å². The first kappa shape index (κ1) is 24.3. The van der Waals surface area contributed by atoms with Crippen LogP contribution in [0.1, 0.15) is 37.1 Å². The number of anilines is 1. The molecule has 0 saturated carbocycles. The molecule has 0 radical (unpaired) electrons. The molecule has 0 atom stereocenters. The van der Waals surface area contributed by atoms with E-state index in [0.717, 1.165) is 81.4 Å². The number of benzene rings is 1. The van der Waals surface area contributed by atoms with Crippen molar-refractivity contribution >= 4 is 5.82 Å². The third-order valence-electron chi connectivity index (χ3n) is 6.77. The zero-order valence-electron chi connectivity index (χ0n) is 21.1. The molecular formula is C28H35N5O3. The average molecular weight is 490 g/mol. The fourth-order valence-corrected chi connectivity index (χ4v) is 4.73. The van der Waals surface area contributed by atoms with Crippen LogP contribution in [0.4, 0.5) is 5.82 Å². The molecule has 2 aromatic heterocycles. The molecule has 0 N–H and O–H groups in total. The first-order valence-electron chi connectivity index (χ1n) is 13.0. The first-order chi connectivity index (χ1) is 17.8. The van der Waals surface area contributed by atoms with Crippen LogP contribution < -0.4 is 19.1 Å². The van der Waals surface area contributed by atoms with E-state index in [1.165, 1.54) is 12.8 Å². The van der Waals surface area contributed by atoms with Crippen LogP contribution in [-0.4, -0.2) is 66.3 Å². The zero-order chi connectivity index (χ0) is 24.6. The van der Waals surface area contributed by atoms with Crippen molar-refractivity contribution in [3.8, 4) is 23.3 Å². The molecule has 8 heteroatoms. The van der Waals surface area contributed by atoms with Crippen LogP contribution in [0.3, 0.4) is 0 Å². The summed E-state index contributed by atoms with van der Waals surface area (Å²) in [6, 6.07) is 13.5. The summed E-state index contributed by atoms with van der Waals surface area (Å²) in [7, 11) is 1.65. The minimum absolute atomic E-state index is 0.590. The van der Waals surface area contributed by atoms with Crippen molar-refractivity contribution < 1.29 is 14.2 Å². The van der Waals surface area contributed by atoms with Crippen molar-refractivity contribution in [1.82, 2.24) is 19.9 Å². The molecule has 0 bridgehead atoms. The van der Waals surface area contributed by atoms with Gasteiger partial charge >= 0.3 is 0 Å². The third-order valence-corrected chi connectivity index (χ3v) is 6.77. The Labute approximate surface area is 213 Å². The molecule has 0 unspecified atom stereocenters. The van der Waals surface area contributed by atoms with E-state index in [1.807, 2.05) is 36.4 Å². The average Bonchev–Trinajstić information content (AvgIpc) is 2.93. The summed E-state index contributed by atoms with van der Waals surface area (Å²) >= 11 is 0. The van der Waals surface area contributed by atoms with Crippen molar-refractivity contribution in [3.05, 3.63) is 60.0 Å². The number of hydrogen-bond acceptors (Lipinski definition) is 8. The molecule has 36 heavy (non-hydrogen) atoms. The van der Waals surface area contributed by atoms with E-state index >= 15 is 0 Å². The molecule has 1 aliphatic carbocycles. The number of ether oxygens (including phenoxy) is 3. The summed E-state index contributed by atoms with van der Waals surface area (Å²) in [5.41, 5.74) is 2.28. The van der Waals surface area contributed by atoms with Crippen LogP contribution in [0, 0.1) is 0 Å². The minimum Gasteiger partial charge on any atom is -0.497 e. The molecule has 1 aliphatic heterocycles. The predicted octanol–water partition coefficient (Wildman–Crippen LogP) is 4.53. The number of methoxy groups -OCH3 is 1. The SMILES string of the molecule is COc1cccc(Oc2cccc(N3CCN(CCCCOc4cnc5c(n4)CCCC5)CC3)n2)c1. The molecule has 3 heterocycles. The van der Waals surface area contributed by atoms with Gasteiger partial charge in [-0.3, -0.25) is 9.88 Å². The second kappa shape index (κ2) is 12.0. The van der Waals surface area contributed by atoms with E-state index in [0.29, 0.717) is 24.1 Å². The second-order valence-electron chi connectivity index (χ2n) is 9.31. The number of unbranched alkanes of at least 4 members (excludes halogenated alkanes) is 1. The Morgan fingerprint density at radius 2 is 1.64 bits per heavy atom. The van der Waals surface area contributed by atoms with Gasteiger partial charge in [-0.05, 0) is 63.3 Å². The monoisotopic (exact) mass is 489 g/mol. The fourth-order valence-electron chi connectivity index (χ4n) is 4.73. The molecule has 1 fully saturated rings. The summed E-state index contributed by atoms with van der Waals surface area (Å²) in [5, 5.41) is 0. The lowest BCUT2D eigenvalue weighted by molar-refractivity contribution is 0.235. The lowest BCUT2D eigenvalue weighted by Crippen LogP contribution is -2.46. The van der Waals surface area contributed by atoms with Crippen LogP contribution in [0.25, 0.3) is 0 Å². The molecule has 1 aromatic carbocycles. The molecule has 8 nitrogen and oxygen atoms in total. The molecule has 3 aromatic rings. The van der Waals surface area contributed by atoms with Crippen molar-refractivity contribution in [3.63, 3.8) is 0 Å². The highest BCUT2D eigenvalue weighted by atomic mass is 16.5. The van der Waals surface area contributed by atoms with Gasteiger partial charge in [-0.1, -0.05) is 12.1 Å². The van der Waals surface area contributed by atoms with Gasteiger partial charge in [0.05, 0.1) is 31.3 Å². The highest BCUT2D eigenvalue weighted by Crippen LogP contribution is 2.26. The molecule has 1 saturated heterocycles. The second-order valence-corrected chi connectivity index (χ2v) is 9.31. The summed E-state index contributed by atoms with van der Waals surface area (Å²) in [5.74, 6) is 3.70. The number of nitrogens with zero attached hydrogens (tertiary/aromatic N) is 5. The smallest absolute Gasteiger partial charge is 0.232 e. The summed E-state index contributed by atoms with van der Waals surface area (Å²) in [4.78, 5) is 18.8. The number of rotatable bonds is 10. The Bertz CT molecular complexity index is 1130. The Balaban J connectivity index is 1.02. The number of aryl methyl sites for hydroxylation is 2. The zero-order valence-corrected chi connectivity index (χ0v) is 21.1. The first-order valence-corrected chi connectivity index (χ1v) is 13.0. The molecule has 5 rings (SSSR count). The van der Waals surface area contributed by atoms with E-state index in [1.54, 1.807) is 13.3 Å². The van der Waals surface area contributed by atoms with Gasteiger partial charge in [0.1, 0.15) is 17.3 Å². The Morgan fingerprint density at radius 3 is 2.50 bits per heavy atom. The number of piperazine rings is 1. The third kappa shape index (κ3) is 6.43. The van der Waals surface area contributed by atoms with Gasteiger partial charge in [-0.2, -0.15) is 4.98 Å². The number of hydrogen-bond donors (Lipinski definition) is 0. The van der Waals surface area contributed by atoms with Crippen LogP contribution >= 0.6 is 0 Å². The Kier molecular flexibility index (Phi) is 8.13. The normalized spacial score (nSPS) is 15.9. The predicted molar refractivity (Wildman–Crippen MR) is 139 cm³/mol. The maximum atomic E-state index is 5.96. The molecule has 0 spiro atoms. The topological polar surface area (TPSA) is 72.8 Å². The van der Waals surface area contributed by atoms with E-state index in [2.05, 4.69) is 25.8 Å². The Morgan fingerprint density at radius 1 is 0.833 bits per heavy atom. The number of aromatic nitrogens is 3. The van der Waals surface area contributed by atoms with E-state index in [-0.39, 0.29) is 0 Å². The largest absolute Gasteiger partial charge is 0.497 e. The van der Waals surface area contributed by atoms with Crippen LogP contribution in [-0.2, 0) is 12.8 Å². The molecular weight excluding hydrogens is 454 g/mol. The van der Waals surface area contributed by atoms with Crippen molar-refractivity contribution in [2.45, 2.75) is 38.5 Å². The van der Waals surface area contributed by atoms with Gasteiger partial charge in [-0.25, -0.2) is 4.98 Å². The standard InChI is InChI=1S/C28H35N5O3/c1-34-22-8-6-9-23(20-22)36-27-13-7-12-26(31-27)33-17-15-32(16-18-33)14-4-5-19-35-28-21-29-24-10-2-3-11-25(24)30-28/h6-9,12-13,20-21H,2-5,10-11,14-19H2,1H3. The quantitative estimate of drug-likeness (QED) is 0.385. The van der Waals surface area contributed by atoms with Gasteiger partial charge in [0, 0.05) is 38.3 Å². The summed E-state index contributed by atoms with van der Waals surface area (Å²) in [6.07, 6.45) is 8.42. The number of pyridine rings is 1. The fraction of sp³-hybridized carbons (Fsp3) is 0.464. The van der Waals surface area contributed by atoms with E-state index in [9.17, 15) is 0 Å². The highest BCUT2D eigenvalue weighted by molar-refractivity contribution is 5.43. The van der Waals surface area contributed by atoms with Crippen LogP contribution in [0.2, 0.25) is 0 Å². The lowest BCUT2D eigenvalue weighted by Gasteiger charge is -2.35. The van der Waals surface area contributed by atoms with E-state index < -0.39 is 0 Å². The summed E-state index contributed by atoms with van der Waals surface area (Å²) < 4.78 is 17.1. The minimum atomic E-state index is 0.590. The van der Waals surface area contributed by atoms with Gasteiger partial charge in [-0.15, -0.1) is 0 Å². The summed E-state index contributed by atoms with van der Waals surface area (Å²) in [6.45, 7) is 5.74. The molecule has 2 aliphatic rings. The Hall–Kier alpha value is -3.39. The molecule has 0 amide bonds. The van der Waals surface area contributed by atoms with Gasteiger partial charge in [0.25, 0.3) is 0 Å². The van der Waals surface area contributed by atoms with Crippen molar-refractivity contribution in [1.29, 1.82) is 0 Å². The van der Waals surface area contributed by atoms with Gasteiger partial charge in [0.2, 0.25) is 11.8 Å². The highest BCUT2D eigenvalue weighted by Gasteiger charge is 2.18. The van der Waals surface area contributed by atoms with Gasteiger partial charge < -0.3 is 19.1 Å². The van der Waals surface area contributed by atoms with Crippen molar-refractivity contribution in [2.24, 2.45) is 0 Å². The molecule has 190 valence electrons. The lowest BCUT2D eigenvalue weighted by atomic mass is 10.0. The van der Waals surface area contributed by atoms with Gasteiger partial charge in [0.15, 0.2) is 0 Å².